The van der Waals surface area contributed by atoms with E-state index in [9.17, 15) is 18.0 Å². The molecule has 22 heavy (non-hydrogen) atoms. The summed E-state index contributed by atoms with van der Waals surface area (Å²) in [7, 11) is 0. The molecule has 1 atom stereocenters. The van der Waals surface area contributed by atoms with E-state index in [1.165, 1.54) is 11.8 Å². The molecule has 118 valence electrons. The van der Waals surface area contributed by atoms with Gasteiger partial charge in [0.15, 0.2) is 5.69 Å². The number of carbonyl (C=O) groups is 1. The first kappa shape index (κ1) is 16.8. The maximum Gasteiger partial charge on any atom is 0.434 e. The number of amides is 1. The molecule has 2 aromatic rings. The van der Waals surface area contributed by atoms with Crippen LogP contribution >= 0.6 is 23.1 Å². The van der Waals surface area contributed by atoms with Gasteiger partial charge in [-0.25, -0.2) is 9.97 Å². The van der Waals surface area contributed by atoms with Crippen molar-refractivity contribution in [3.05, 3.63) is 40.5 Å². The van der Waals surface area contributed by atoms with Crippen molar-refractivity contribution in [3.8, 4) is 0 Å². The molecule has 0 unspecified atom stereocenters. The Morgan fingerprint density at radius 2 is 2.23 bits per heavy atom. The highest BCUT2D eigenvalue weighted by molar-refractivity contribution is 8.00. The number of rotatable bonds is 5. The number of hydrogen-bond acceptors (Lipinski definition) is 5. The molecule has 1 N–H and O–H groups in total. The lowest BCUT2D eigenvalue weighted by Gasteiger charge is -2.10. The minimum atomic E-state index is -4.46. The van der Waals surface area contributed by atoms with E-state index >= 15 is 0 Å². The second-order valence-electron chi connectivity index (χ2n) is 4.27. The van der Waals surface area contributed by atoms with Crippen molar-refractivity contribution in [2.45, 2.75) is 29.9 Å². The van der Waals surface area contributed by atoms with E-state index in [0.29, 0.717) is 5.03 Å². The van der Waals surface area contributed by atoms with Crippen molar-refractivity contribution < 1.29 is 18.0 Å². The molecule has 0 spiro atoms. The quantitative estimate of drug-likeness (QED) is 0.843. The molecule has 0 aliphatic carbocycles. The number of nitrogens with zero attached hydrogens (tertiary/aromatic N) is 2. The van der Waals surface area contributed by atoms with Crippen molar-refractivity contribution in [3.63, 3.8) is 0 Å². The molecule has 2 aromatic heterocycles. The van der Waals surface area contributed by atoms with Gasteiger partial charge in [-0.05, 0) is 19.1 Å². The summed E-state index contributed by atoms with van der Waals surface area (Å²) in [6, 6.07) is 5.37. The lowest BCUT2D eigenvalue weighted by Crippen LogP contribution is -2.30. The molecule has 4 nitrogen and oxygen atoms in total. The summed E-state index contributed by atoms with van der Waals surface area (Å²) in [5, 5.41) is 4.03. The van der Waals surface area contributed by atoms with Crippen LogP contribution in [0.25, 0.3) is 0 Å². The third kappa shape index (κ3) is 4.70. The number of thiazole rings is 1. The minimum absolute atomic E-state index is 0.0211. The topological polar surface area (TPSA) is 54.9 Å². The fourth-order valence-electron chi connectivity index (χ4n) is 1.48. The molecule has 2 heterocycles. The number of pyridine rings is 1. The van der Waals surface area contributed by atoms with Gasteiger partial charge in [-0.3, -0.25) is 4.79 Å². The predicted molar refractivity (Wildman–Crippen MR) is 78.5 cm³/mol. The van der Waals surface area contributed by atoms with Gasteiger partial charge < -0.3 is 5.32 Å². The molecule has 0 saturated heterocycles. The Morgan fingerprint density at radius 1 is 1.45 bits per heavy atom. The van der Waals surface area contributed by atoms with E-state index in [2.05, 4.69) is 15.3 Å². The fourth-order valence-corrected chi connectivity index (χ4v) is 3.05. The number of halogens is 3. The summed E-state index contributed by atoms with van der Waals surface area (Å²) in [5.41, 5.74) is -0.933. The molecule has 9 heteroatoms. The van der Waals surface area contributed by atoms with Gasteiger partial charge in [0.1, 0.15) is 5.01 Å². The minimum Gasteiger partial charge on any atom is -0.349 e. The van der Waals surface area contributed by atoms with Crippen LogP contribution in [0.15, 0.2) is 34.8 Å². The Bertz CT molecular complexity index is 631. The van der Waals surface area contributed by atoms with Crippen LogP contribution in [0.1, 0.15) is 17.6 Å². The van der Waals surface area contributed by atoms with Crippen LogP contribution in [0.5, 0.6) is 0 Å². The highest BCUT2D eigenvalue weighted by Crippen LogP contribution is 2.30. The van der Waals surface area contributed by atoms with Crippen molar-refractivity contribution in [1.29, 1.82) is 0 Å². The van der Waals surface area contributed by atoms with E-state index < -0.39 is 17.1 Å². The number of hydrogen-bond donors (Lipinski definition) is 1. The summed E-state index contributed by atoms with van der Waals surface area (Å²) < 4.78 is 37.3. The number of alkyl halides is 3. The fraction of sp³-hybridized carbons (Fsp3) is 0.308. The molecule has 0 fully saturated rings. The number of nitrogens with one attached hydrogen (secondary N) is 1. The van der Waals surface area contributed by atoms with Gasteiger partial charge in [-0.1, -0.05) is 17.8 Å². The van der Waals surface area contributed by atoms with E-state index in [1.807, 2.05) is 6.07 Å². The molecule has 1 amide bonds. The van der Waals surface area contributed by atoms with Gasteiger partial charge in [0.2, 0.25) is 5.91 Å². The van der Waals surface area contributed by atoms with E-state index in [-0.39, 0.29) is 17.5 Å². The number of thioether (sulfide) groups is 1. The maximum atomic E-state index is 12.4. The van der Waals surface area contributed by atoms with Gasteiger partial charge in [-0.15, -0.1) is 11.3 Å². The Kier molecular flexibility index (Phi) is 5.41. The standard InChI is InChI=1S/C13H12F3N3OS2/c1-8(22-10-4-2-3-5-17-10)12(20)18-6-11-19-9(7-21-11)13(14,15)16/h2-5,7-8H,6H2,1H3,(H,18,20)/t8-/m0/s1. The van der Waals surface area contributed by atoms with Crippen LogP contribution in [0, 0.1) is 0 Å². The van der Waals surface area contributed by atoms with Crippen molar-refractivity contribution in [1.82, 2.24) is 15.3 Å². The predicted octanol–water partition coefficient (Wildman–Crippen LogP) is 3.35. The molecular formula is C13H12F3N3OS2. The first-order valence-electron chi connectivity index (χ1n) is 6.23. The highest BCUT2D eigenvalue weighted by atomic mass is 32.2. The van der Waals surface area contributed by atoms with Crippen LogP contribution in [0.3, 0.4) is 0 Å². The SMILES string of the molecule is C[C@H](Sc1ccccn1)C(=O)NCc1nc(C(F)(F)F)cs1. The summed E-state index contributed by atoms with van der Waals surface area (Å²) in [6.45, 7) is 1.68. The second-order valence-corrected chi connectivity index (χ2v) is 6.57. The Labute approximate surface area is 133 Å². The van der Waals surface area contributed by atoms with E-state index in [0.717, 1.165) is 16.7 Å². The third-order valence-electron chi connectivity index (χ3n) is 2.56. The molecule has 0 bridgehead atoms. The summed E-state index contributed by atoms with van der Waals surface area (Å²) in [6.07, 6.45) is -2.83. The van der Waals surface area contributed by atoms with Gasteiger partial charge in [-0.2, -0.15) is 13.2 Å². The van der Waals surface area contributed by atoms with Crippen LogP contribution in [0.2, 0.25) is 0 Å². The summed E-state index contributed by atoms with van der Waals surface area (Å²) in [5.74, 6) is -0.278. The third-order valence-corrected chi connectivity index (χ3v) is 4.46. The first-order chi connectivity index (χ1) is 10.4. The highest BCUT2D eigenvalue weighted by Gasteiger charge is 2.33. The zero-order valence-electron chi connectivity index (χ0n) is 11.4. The first-order valence-corrected chi connectivity index (χ1v) is 7.99. The van der Waals surface area contributed by atoms with Gasteiger partial charge in [0, 0.05) is 11.6 Å². The van der Waals surface area contributed by atoms with Gasteiger partial charge >= 0.3 is 6.18 Å². The average molecular weight is 347 g/mol. The van der Waals surface area contributed by atoms with Gasteiger partial charge in [0.05, 0.1) is 16.8 Å². The van der Waals surface area contributed by atoms with Crippen LogP contribution in [-0.4, -0.2) is 21.1 Å². The molecule has 0 aromatic carbocycles. The number of aromatic nitrogens is 2. The molecule has 0 saturated carbocycles. The number of carbonyl (C=O) groups excluding carboxylic acids is 1. The largest absolute Gasteiger partial charge is 0.434 e. The monoisotopic (exact) mass is 347 g/mol. The van der Waals surface area contributed by atoms with Crippen LogP contribution in [-0.2, 0) is 17.5 Å². The average Bonchev–Trinajstić information content (AvgIpc) is 2.94. The Hall–Kier alpha value is -1.61. The zero-order valence-corrected chi connectivity index (χ0v) is 13.1. The van der Waals surface area contributed by atoms with Crippen molar-refractivity contribution in [2.24, 2.45) is 0 Å². The van der Waals surface area contributed by atoms with Crippen LogP contribution in [0.4, 0.5) is 13.2 Å². The summed E-state index contributed by atoms with van der Waals surface area (Å²) >= 11 is 2.15. The van der Waals surface area contributed by atoms with Gasteiger partial charge in [0.25, 0.3) is 0 Å². The zero-order chi connectivity index (χ0) is 16.2. The lowest BCUT2D eigenvalue weighted by molar-refractivity contribution is -0.140. The normalized spacial score (nSPS) is 12.9. The molecule has 0 aliphatic rings. The molecular weight excluding hydrogens is 335 g/mol. The van der Waals surface area contributed by atoms with Crippen LogP contribution < -0.4 is 5.32 Å². The molecule has 0 aliphatic heterocycles. The van der Waals surface area contributed by atoms with E-state index in [4.69, 9.17) is 0 Å². The molecule has 0 radical (unpaired) electrons. The Balaban J connectivity index is 1.86. The van der Waals surface area contributed by atoms with Crippen molar-refractivity contribution in [2.75, 3.05) is 0 Å². The smallest absolute Gasteiger partial charge is 0.349 e. The summed E-state index contributed by atoms with van der Waals surface area (Å²) in [4.78, 5) is 19.5. The maximum absolute atomic E-state index is 12.4. The lowest BCUT2D eigenvalue weighted by atomic mass is 10.4. The van der Waals surface area contributed by atoms with E-state index in [1.54, 1.807) is 25.3 Å². The second kappa shape index (κ2) is 7.10. The molecule has 2 rings (SSSR count). The Morgan fingerprint density at radius 3 is 2.82 bits per heavy atom. The van der Waals surface area contributed by atoms with Crippen molar-refractivity contribution >= 4 is 29.0 Å².